The average molecular weight is 276 g/mol. The second kappa shape index (κ2) is 5.00. The van der Waals surface area contributed by atoms with Crippen molar-refractivity contribution in [3.63, 3.8) is 0 Å². The van der Waals surface area contributed by atoms with Gasteiger partial charge in [-0.3, -0.25) is 9.69 Å². The smallest absolute Gasteiger partial charge is 0.405 e. The Morgan fingerprint density at radius 3 is 2.68 bits per heavy atom. The number of carbonyl (C=O) groups is 1. The maximum absolute atomic E-state index is 12.6. The predicted molar refractivity (Wildman–Crippen MR) is 59.0 cm³/mol. The standard InChI is InChI=1S/C12H15F3N2O2/c13-12(14,15)8(4-16)6-17-5-7-2-1-3-9(7)10(17)11(18)19/h7-10H,1-3,5-6H2,(H,18,19). The van der Waals surface area contributed by atoms with E-state index in [1.165, 1.54) is 11.0 Å². The quantitative estimate of drug-likeness (QED) is 0.854. The summed E-state index contributed by atoms with van der Waals surface area (Å²) in [4.78, 5) is 12.6. The molecule has 2 aliphatic rings. The van der Waals surface area contributed by atoms with Gasteiger partial charge in [-0.2, -0.15) is 18.4 Å². The normalized spacial score (nSPS) is 32.8. The Bertz CT molecular complexity index is 405. The number of rotatable bonds is 3. The topological polar surface area (TPSA) is 64.3 Å². The lowest BCUT2D eigenvalue weighted by Crippen LogP contribution is -2.44. The Labute approximate surface area is 108 Å². The minimum Gasteiger partial charge on any atom is -0.480 e. The molecule has 2 rings (SSSR count). The first-order valence-corrected chi connectivity index (χ1v) is 6.27. The SMILES string of the molecule is N#CC(CN1CC2CCCC2C1C(=O)O)C(F)(F)F. The number of alkyl halides is 3. The molecule has 1 saturated heterocycles. The van der Waals surface area contributed by atoms with E-state index >= 15 is 0 Å². The first-order chi connectivity index (χ1) is 8.84. The van der Waals surface area contributed by atoms with Crippen LogP contribution in [0.5, 0.6) is 0 Å². The summed E-state index contributed by atoms with van der Waals surface area (Å²) >= 11 is 0. The van der Waals surface area contributed by atoms with Gasteiger partial charge in [-0.15, -0.1) is 0 Å². The molecule has 1 aliphatic carbocycles. The molecule has 4 nitrogen and oxygen atoms in total. The molecule has 0 spiro atoms. The van der Waals surface area contributed by atoms with E-state index in [-0.39, 0.29) is 11.8 Å². The second-order valence-electron chi connectivity index (χ2n) is 5.32. The van der Waals surface area contributed by atoms with Crippen molar-refractivity contribution >= 4 is 5.97 Å². The molecular formula is C12H15F3N2O2. The molecule has 0 aromatic carbocycles. The van der Waals surface area contributed by atoms with Crippen LogP contribution in [0.15, 0.2) is 0 Å². The molecule has 1 N–H and O–H groups in total. The van der Waals surface area contributed by atoms with Crippen LogP contribution in [0.3, 0.4) is 0 Å². The molecule has 1 aliphatic heterocycles. The van der Waals surface area contributed by atoms with Gasteiger partial charge in [0.1, 0.15) is 6.04 Å². The van der Waals surface area contributed by atoms with Crippen molar-refractivity contribution in [2.75, 3.05) is 13.1 Å². The molecule has 0 aromatic rings. The fraction of sp³-hybridized carbons (Fsp3) is 0.833. The molecule has 0 aromatic heterocycles. The lowest BCUT2D eigenvalue weighted by atomic mass is 9.94. The number of carboxylic acid groups (broad SMARTS) is 1. The van der Waals surface area contributed by atoms with Gasteiger partial charge in [0.15, 0.2) is 5.92 Å². The summed E-state index contributed by atoms with van der Waals surface area (Å²) in [7, 11) is 0. The average Bonchev–Trinajstić information content (AvgIpc) is 2.82. The van der Waals surface area contributed by atoms with Crippen LogP contribution < -0.4 is 0 Å². The lowest BCUT2D eigenvalue weighted by Gasteiger charge is -2.26. The molecule has 4 atom stereocenters. The Hall–Kier alpha value is -1.29. The molecule has 106 valence electrons. The van der Waals surface area contributed by atoms with E-state index in [0.717, 1.165) is 19.3 Å². The summed E-state index contributed by atoms with van der Waals surface area (Å²) in [6.45, 7) is -0.181. The number of likely N-dealkylation sites (tertiary alicyclic amines) is 1. The molecule has 1 heterocycles. The summed E-state index contributed by atoms with van der Waals surface area (Å²) < 4.78 is 37.8. The van der Waals surface area contributed by atoms with E-state index in [1.54, 1.807) is 0 Å². The monoisotopic (exact) mass is 276 g/mol. The Morgan fingerprint density at radius 1 is 1.47 bits per heavy atom. The molecule has 19 heavy (non-hydrogen) atoms. The largest absolute Gasteiger partial charge is 0.480 e. The first-order valence-electron chi connectivity index (χ1n) is 6.27. The summed E-state index contributed by atoms with van der Waals surface area (Å²) in [5, 5.41) is 17.8. The minimum atomic E-state index is -4.60. The van der Waals surface area contributed by atoms with E-state index in [4.69, 9.17) is 5.26 Å². The summed E-state index contributed by atoms with van der Waals surface area (Å²) in [6, 6.07) is 0.365. The maximum Gasteiger partial charge on any atom is 0.405 e. The fourth-order valence-corrected chi connectivity index (χ4v) is 3.37. The molecule has 0 bridgehead atoms. The van der Waals surface area contributed by atoms with Crippen LogP contribution >= 0.6 is 0 Å². The van der Waals surface area contributed by atoms with Crippen LogP contribution in [0.2, 0.25) is 0 Å². The third kappa shape index (κ3) is 2.68. The summed E-state index contributed by atoms with van der Waals surface area (Å²) in [5.41, 5.74) is 0. The number of halogens is 3. The Balaban J connectivity index is 2.12. The van der Waals surface area contributed by atoms with Crippen molar-refractivity contribution in [3.8, 4) is 6.07 Å². The van der Waals surface area contributed by atoms with Crippen molar-refractivity contribution in [2.45, 2.75) is 31.5 Å². The first kappa shape index (κ1) is 14.1. The summed E-state index contributed by atoms with van der Waals surface area (Å²) in [5.74, 6) is -3.10. The van der Waals surface area contributed by atoms with Crippen LogP contribution in [-0.4, -0.2) is 41.3 Å². The Kier molecular flexibility index (Phi) is 3.72. The van der Waals surface area contributed by atoms with E-state index in [1.807, 2.05) is 0 Å². The van der Waals surface area contributed by atoms with Gasteiger partial charge >= 0.3 is 12.1 Å². The van der Waals surface area contributed by atoms with Gasteiger partial charge in [0.25, 0.3) is 0 Å². The van der Waals surface area contributed by atoms with Gasteiger partial charge in [0.05, 0.1) is 6.07 Å². The van der Waals surface area contributed by atoms with Crippen LogP contribution in [0.4, 0.5) is 13.2 Å². The zero-order valence-electron chi connectivity index (χ0n) is 10.2. The number of fused-ring (bicyclic) bond motifs is 1. The molecule has 0 radical (unpaired) electrons. The van der Waals surface area contributed by atoms with Gasteiger partial charge in [-0.25, -0.2) is 0 Å². The highest BCUT2D eigenvalue weighted by molar-refractivity contribution is 5.74. The third-order valence-electron chi connectivity index (χ3n) is 4.21. The molecule has 4 unspecified atom stereocenters. The van der Waals surface area contributed by atoms with Crippen LogP contribution in [0.1, 0.15) is 19.3 Å². The lowest BCUT2D eigenvalue weighted by molar-refractivity contribution is -0.166. The van der Waals surface area contributed by atoms with Crippen LogP contribution in [0.25, 0.3) is 0 Å². The molecule has 1 saturated carbocycles. The molecule has 2 fully saturated rings. The van der Waals surface area contributed by atoms with Gasteiger partial charge in [0, 0.05) is 13.1 Å². The summed E-state index contributed by atoms with van der Waals surface area (Å²) in [6.07, 6.45) is -2.04. The highest BCUT2D eigenvalue weighted by atomic mass is 19.4. The maximum atomic E-state index is 12.6. The van der Waals surface area contributed by atoms with Crippen molar-refractivity contribution in [1.29, 1.82) is 5.26 Å². The van der Waals surface area contributed by atoms with Crippen molar-refractivity contribution < 1.29 is 23.1 Å². The van der Waals surface area contributed by atoms with Crippen LogP contribution in [0, 0.1) is 29.1 Å². The second-order valence-corrected chi connectivity index (χ2v) is 5.32. The van der Waals surface area contributed by atoms with Crippen molar-refractivity contribution in [2.24, 2.45) is 17.8 Å². The zero-order valence-corrected chi connectivity index (χ0v) is 10.2. The molecule has 7 heteroatoms. The minimum absolute atomic E-state index is 0.0647. The number of nitrogens with zero attached hydrogens (tertiary/aromatic N) is 2. The molecule has 0 amide bonds. The van der Waals surface area contributed by atoms with Gasteiger partial charge in [-0.1, -0.05) is 6.42 Å². The van der Waals surface area contributed by atoms with E-state index in [0.29, 0.717) is 6.54 Å². The third-order valence-corrected chi connectivity index (χ3v) is 4.21. The highest BCUT2D eigenvalue weighted by Gasteiger charge is 2.50. The molecular weight excluding hydrogens is 261 g/mol. The number of nitriles is 1. The number of hydrogen-bond acceptors (Lipinski definition) is 3. The van der Waals surface area contributed by atoms with Gasteiger partial charge in [0.2, 0.25) is 0 Å². The number of hydrogen-bond donors (Lipinski definition) is 1. The fourth-order valence-electron chi connectivity index (χ4n) is 3.37. The predicted octanol–water partition coefficient (Wildman–Crippen LogP) is 1.87. The Morgan fingerprint density at radius 2 is 2.16 bits per heavy atom. The number of carboxylic acids is 1. The van der Waals surface area contributed by atoms with E-state index < -0.39 is 30.7 Å². The van der Waals surface area contributed by atoms with Gasteiger partial charge < -0.3 is 5.11 Å². The van der Waals surface area contributed by atoms with Crippen molar-refractivity contribution in [3.05, 3.63) is 0 Å². The van der Waals surface area contributed by atoms with Crippen LogP contribution in [-0.2, 0) is 4.79 Å². The number of aliphatic carboxylic acids is 1. The van der Waals surface area contributed by atoms with E-state index in [2.05, 4.69) is 0 Å². The van der Waals surface area contributed by atoms with Crippen molar-refractivity contribution in [1.82, 2.24) is 4.90 Å². The highest BCUT2D eigenvalue weighted by Crippen LogP contribution is 2.43. The van der Waals surface area contributed by atoms with E-state index in [9.17, 15) is 23.1 Å². The van der Waals surface area contributed by atoms with Gasteiger partial charge in [-0.05, 0) is 24.7 Å². The zero-order chi connectivity index (χ0) is 14.2.